The minimum atomic E-state index is -0.00566. The number of aryl methyl sites for hydroxylation is 1. The zero-order chi connectivity index (χ0) is 14.1. The van der Waals surface area contributed by atoms with Crippen LogP contribution >= 0.6 is 12.6 Å². The summed E-state index contributed by atoms with van der Waals surface area (Å²) in [5.74, 6) is 0. The van der Waals surface area contributed by atoms with E-state index < -0.39 is 0 Å². The molecule has 3 aromatic rings. The monoisotopic (exact) mass is 284 g/mol. The molecule has 1 aromatic heterocycles. The van der Waals surface area contributed by atoms with E-state index in [9.17, 15) is 4.79 Å². The van der Waals surface area contributed by atoms with Crippen LogP contribution in [0.1, 0.15) is 25.3 Å². The highest BCUT2D eigenvalue weighted by molar-refractivity contribution is 7.80. The van der Waals surface area contributed by atoms with Crippen LogP contribution in [-0.2, 0) is 6.42 Å². The molecule has 3 rings (SSSR count). The maximum atomic E-state index is 12.5. The van der Waals surface area contributed by atoms with E-state index in [1.54, 1.807) is 6.07 Å². The van der Waals surface area contributed by atoms with Gasteiger partial charge in [0.2, 0.25) is 5.43 Å². The van der Waals surface area contributed by atoms with E-state index in [4.69, 9.17) is 4.42 Å². The van der Waals surface area contributed by atoms with Crippen LogP contribution in [0.25, 0.3) is 21.9 Å². The number of benzene rings is 2. The van der Waals surface area contributed by atoms with Crippen molar-refractivity contribution in [1.82, 2.24) is 0 Å². The van der Waals surface area contributed by atoms with Crippen molar-refractivity contribution in [3.8, 4) is 0 Å². The summed E-state index contributed by atoms with van der Waals surface area (Å²) in [4.78, 5) is 13.2. The Labute approximate surface area is 122 Å². The van der Waals surface area contributed by atoms with E-state index in [1.807, 2.05) is 30.3 Å². The fourth-order valence-electron chi connectivity index (χ4n) is 2.49. The predicted molar refractivity (Wildman–Crippen MR) is 85.9 cm³/mol. The molecule has 0 aliphatic heterocycles. The summed E-state index contributed by atoms with van der Waals surface area (Å²) in [7, 11) is 0. The summed E-state index contributed by atoms with van der Waals surface area (Å²) < 4.78 is 5.88. The lowest BCUT2D eigenvalue weighted by Crippen LogP contribution is -2.03. The van der Waals surface area contributed by atoms with Crippen LogP contribution in [0.2, 0.25) is 0 Å². The molecule has 3 heteroatoms. The van der Waals surface area contributed by atoms with Gasteiger partial charge in [-0.3, -0.25) is 4.79 Å². The summed E-state index contributed by atoms with van der Waals surface area (Å²) in [6, 6.07) is 11.3. The van der Waals surface area contributed by atoms with E-state index in [0.717, 1.165) is 19.3 Å². The Morgan fingerprint density at radius 1 is 1.15 bits per heavy atom. The Morgan fingerprint density at radius 2 is 1.95 bits per heavy atom. The molecule has 0 atom stereocenters. The molecule has 0 N–H and O–H groups in total. The van der Waals surface area contributed by atoms with E-state index in [2.05, 4.69) is 19.6 Å². The largest absolute Gasteiger partial charge is 0.456 e. The normalized spacial score (nSPS) is 11.3. The maximum Gasteiger partial charge on any atom is 0.201 e. The fraction of sp³-hybridized carbons (Fsp3) is 0.235. The van der Waals surface area contributed by atoms with E-state index in [-0.39, 0.29) is 5.43 Å². The molecule has 2 aromatic carbocycles. The summed E-state index contributed by atoms with van der Waals surface area (Å²) in [5.41, 5.74) is 2.43. The number of hydrogen-bond donors (Lipinski definition) is 1. The third kappa shape index (κ3) is 2.22. The quantitative estimate of drug-likeness (QED) is 0.563. The van der Waals surface area contributed by atoms with Gasteiger partial charge in [-0.1, -0.05) is 25.5 Å². The van der Waals surface area contributed by atoms with Gasteiger partial charge in [-0.15, -0.1) is 12.6 Å². The van der Waals surface area contributed by atoms with Crippen LogP contribution in [0.4, 0.5) is 0 Å². The molecule has 2 nitrogen and oxygen atoms in total. The molecule has 20 heavy (non-hydrogen) atoms. The van der Waals surface area contributed by atoms with Crippen LogP contribution in [0.5, 0.6) is 0 Å². The van der Waals surface area contributed by atoms with Crippen molar-refractivity contribution >= 4 is 34.6 Å². The van der Waals surface area contributed by atoms with E-state index in [0.29, 0.717) is 26.8 Å². The first-order valence-corrected chi connectivity index (χ1v) is 7.33. The third-order valence-electron chi connectivity index (χ3n) is 3.54. The molecule has 0 amide bonds. The maximum absolute atomic E-state index is 12.5. The lowest BCUT2D eigenvalue weighted by atomic mass is 10.1. The lowest BCUT2D eigenvalue weighted by molar-refractivity contribution is 0.657. The molecule has 0 unspecified atom stereocenters. The molecule has 0 saturated carbocycles. The number of rotatable bonds is 3. The Balaban J connectivity index is 2.31. The third-order valence-corrected chi connectivity index (χ3v) is 3.89. The average Bonchev–Trinajstić information content (AvgIpc) is 2.45. The second kappa shape index (κ2) is 5.33. The first-order valence-electron chi connectivity index (χ1n) is 6.88. The van der Waals surface area contributed by atoms with Gasteiger partial charge in [0.05, 0.1) is 10.8 Å². The minimum absolute atomic E-state index is 0.00566. The Hall–Kier alpha value is -1.74. The van der Waals surface area contributed by atoms with Crippen LogP contribution in [0.3, 0.4) is 0 Å². The first-order chi connectivity index (χ1) is 9.70. The molecular formula is C17H16O2S. The van der Waals surface area contributed by atoms with Gasteiger partial charge in [0, 0.05) is 4.90 Å². The van der Waals surface area contributed by atoms with Gasteiger partial charge in [0.15, 0.2) is 0 Å². The molecule has 1 heterocycles. The smallest absolute Gasteiger partial charge is 0.201 e. The van der Waals surface area contributed by atoms with Crippen molar-refractivity contribution in [2.45, 2.75) is 31.1 Å². The van der Waals surface area contributed by atoms with Crippen LogP contribution in [0.15, 0.2) is 50.5 Å². The van der Waals surface area contributed by atoms with E-state index in [1.165, 1.54) is 5.56 Å². The van der Waals surface area contributed by atoms with Crippen molar-refractivity contribution in [2.75, 3.05) is 0 Å². The highest BCUT2D eigenvalue weighted by atomic mass is 32.1. The van der Waals surface area contributed by atoms with Gasteiger partial charge < -0.3 is 4.42 Å². The predicted octanol–water partition coefficient (Wildman–Crippen LogP) is 4.58. The van der Waals surface area contributed by atoms with Crippen molar-refractivity contribution in [2.24, 2.45) is 0 Å². The zero-order valence-corrected chi connectivity index (χ0v) is 12.2. The molecular weight excluding hydrogens is 268 g/mol. The van der Waals surface area contributed by atoms with Gasteiger partial charge in [-0.2, -0.15) is 0 Å². The van der Waals surface area contributed by atoms with Crippen molar-refractivity contribution in [3.63, 3.8) is 0 Å². The highest BCUT2D eigenvalue weighted by Gasteiger charge is 2.11. The number of para-hydroxylation sites is 1. The topological polar surface area (TPSA) is 30.2 Å². The van der Waals surface area contributed by atoms with Gasteiger partial charge in [-0.05, 0) is 42.7 Å². The van der Waals surface area contributed by atoms with Crippen molar-refractivity contribution in [3.05, 3.63) is 52.2 Å². The van der Waals surface area contributed by atoms with Crippen LogP contribution in [-0.4, -0.2) is 0 Å². The Kier molecular flexibility index (Phi) is 3.53. The summed E-state index contributed by atoms with van der Waals surface area (Å²) >= 11 is 4.48. The molecule has 0 saturated heterocycles. The van der Waals surface area contributed by atoms with Crippen LogP contribution in [0, 0.1) is 0 Å². The number of hydrogen-bond acceptors (Lipinski definition) is 3. The summed E-state index contributed by atoms with van der Waals surface area (Å²) in [5, 5.41) is 1.18. The highest BCUT2D eigenvalue weighted by Crippen LogP contribution is 2.25. The standard InChI is InChI=1S/C17H16O2S/c1-2-3-6-11-9-14-16(15(20)10-11)17(18)12-7-4-5-8-13(12)19-14/h4-5,7-10,20H,2-3,6H2,1H3. The molecule has 0 aliphatic rings. The van der Waals surface area contributed by atoms with Gasteiger partial charge in [0.1, 0.15) is 11.2 Å². The molecule has 0 spiro atoms. The number of thiol groups is 1. The molecule has 0 aliphatic carbocycles. The van der Waals surface area contributed by atoms with E-state index >= 15 is 0 Å². The van der Waals surface area contributed by atoms with Gasteiger partial charge in [-0.25, -0.2) is 0 Å². The first kappa shape index (κ1) is 13.3. The fourth-order valence-corrected chi connectivity index (χ4v) is 2.86. The number of unbranched alkanes of at least 4 members (excludes halogenated alkanes) is 1. The van der Waals surface area contributed by atoms with Gasteiger partial charge in [0.25, 0.3) is 0 Å². The Bertz CT molecular complexity index is 833. The summed E-state index contributed by atoms with van der Waals surface area (Å²) in [6.45, 7) is 2.16. The second-order valence-corrected chi connectivity index (χ2v) is 5.50. The molecule has 0 bridgehead atoms. The van der Waals surface area contributed by atoms with Crippen molar-refractivity contribution < 1.29 is 4.42 Å². The van der Waals surface area contributed by atoms with Gasteiger partial charge >= 0.3 is 0 Å². The summed E-state index contributed by atoms with van der Waals surface area (Å²) in [6.07, 6.45) is 3.24. The lowest BCUT2D eigenvalue weighted by Gasteiger charge is -2.07. The van der Waals surface area contributed by atoms with Crippen molar-refractivity contribution in [1.29, 1.82) is 0 Å². The molecule has 0 radical (unpaired) electrons. The molecule has 0 fully saturated rings. The molecule has 102 valence electrons. The van der Waals surface area contributed by atoms with Crippen LogP contribution < -0.4 is 5.43 Å². The number of fused-ring (bicyclic) bond motifs is 2. The zero-order valence-electron chi connectivity index (χ0n) is 11.3. The Morgan fingerprint density at radius 3 is 2.75 bits per heavy atom. The average molecular weight is 284 g/mol. The minimum Gasteiger partial charge on any atom is -0.456 e. The second-order valence-electron chi connectivity index (χ2n) is 5.02. The SMILES string of the molecule is CCCCc1cc(S)c2c(=O)c3ccccc3oc2c1.